The van der Waals surface area contributed by atoms with Crippen molar-refractivity contribution in [3.63, 3.8) is 0 Å². The highest BCUT2D eigenvalue weighted by Gasteiger charge is 2.64. The zero-order valence-corrected chi connectivity index (χ0v) is 16.4. The van der Waals surface area contributed by atoms with E-state index in [1.165, 1.54) is 17.3 Å². The minimum atomic E-state index is -1.49. The van der Waals surface area contributed by atoms with Gasteiger partial charge in [0.2, 0.25) is 11.7 Å². The molecule has 6 rings (SSSR count). The van der Waals surface area contributed by atoms with Crippen LogP contribution in [0.1, 0.15) is 43.7 Å². The van der Waals surface area contributed by atoms with Crippen LogP contribution in [-0.4, -0.2) is 39.0 Å². The van der Waals surface area contributed by atoms with Gasteiger partial charge in [-0.05, 0) is 51.2 Å². The first-order valence-corrected chi connectivity index (χ1v) is 9.97. The summed E-state index contributed by atoms with van der Waals surface area (Å²) in [4.78, 5) is 22.7. The van der Waals surface area contributed by atoms with Gasteiger partial charge in [-0.2, -0.15) is 0 Å². The van der Waals surface area contributed by atoms with E-state index >= 15 is 0 Å². The molecule has 0 radical (unpaired) electrons. The van der Waals surface area contributed by atoms with Gasteiger partial charge in [0.05, 0.1) is 19.0 Å². The maximum Gasteiger partial charge on any atom is 0.252 e. The van der Waals surface area contributed by atoms with Crippen LogP contribution in [0.4, 0.5) is 5.82 Å². The van der Waals surface area contributed by atoms with E-state index in [0.29, 0.717) is 18.3 Å². The Morgan fingerprint density at radius 3 is 2.62 bits per heavy atom. The average molecular weight is 394 g/mol. The van der Waals surface area contributed by atoms with Gasteiger partial charge < -0.3 is 14.6 Å². The zero-order valence-electron chi connectivity index (χ0n) is 16.4. The van der Waals surface area contributed by atoms with E-state index in [4.69, 9.17) is 9.47 Å². The first-order chi connectivity index (χ1) is 13.8. The molecule has 8 nitrogen and oxygen atoms in total. The molecule has 3 heterocycles. The minimum absolute atomic E-state index is 0.0784. The highest BCUT2D eigenvalue weighted by molar-refractivity contribution is 6.04. The lowest BCUT2D eigenvalue weighted by molar-refractivity contribution is -0.120. The van der Waals surface area contributed by atoms with Crippen LogP contribution in [0, 0.1) is 6.92 Å². The highest BCUT2D eigenvalue weighted by atomic mass is 16.5. The van der Waals surface area contributed by atoms with Gasteiger partial charge in [-0.1, -0.05) is 6.07 Å². The molecule has 2 aromatic rings. The van der Waals surface area contributed by atoms with Crippen molar-refractivity contribution < 1.29 is 19.4 Å². The third-order valence-corrected chi connectivity index (χ3v) is 6.53. The van der Waals surface area contributed by atoms with Gasteiger partial charge in [0.1, 0.15) is 17.0 Å². The van der Waals surface area contributed by atoms with Crippen LogP contribution in [0.3, 0.4) is 0 Å². The van der Waals surface area contributed by atoms with Gasteiger partial charge >= 0.3 is 0 Å². The molecule has 2 saturated carbocycles. The predicted molar refractivity (Wildman–Crippen MR) is 103 cm³/mol. The monoisotopic (exact) mass is 394 g/mol. The van der Waals surface area contributed by atoms with Crippen LogP contribution in [0.15, 0.2) is 24.5 Å². The first-order valence-electron chi connectivity index (χ1n) is 9.97. The number of fused-ring (bicyclic) bond motifs is 2. The number of amides is 1. The van der Waals surface area contributed by atoms with Gasteiger partial charge in [0.15, 0.2) is 5.82 Å². The standard InChI is InChI=1S/C21H22N4O4/c1-12-3-4-13(16-17(12)28-11-20(16)5-6-20)29-15-10-22-14(9-23-15)25-18(26)21(7-8-21)24-19(25,2)27/h3-4,9-10,24,27H,5-8,11H2,1-2H3. The Labute approximate surface area is 167 Å². The number of aliphatic hydroxyl groups is 1. The van der Waals surface area contributed by atoms with Gasteiger partial charge in [-0.15, -0.1) is 0 Å². The van der Waals surface area contributed by atoms with E-state index in [1.54, 1.807) is 6.92 Å². The smallest absolute Gasteiger partial charge is 0.252 e. The maximum absolute atomic E-state index is 12.7. The second-order valence-electron chi connectivity index (χ2n) is 8.84. The van der Waals surface area contributed by atoms with Crippen LogP contribution in [0.5, 0.6) is 17.4 Å². The summed E-state index contributed by atoms with van der Waals surface area (Å²) in [5.41, 5.74) is 1.66. The van der Waals surface area contributed by atoms with Crippen LogP contribution < -0.4 is 19.7 Å². The van der Waals surface area contributed by atoms with Crippen molar-refractivity contribution in [2.45, 2.75) is 56.3 Å². The third kappa shape index (κ3) is 2.36. The lowest BCUT2D eigenvalue weighted by Crippen LogP contribution is -2.50. The molecule has 1 saturated heterocycles. The SMILES string of the molecule is Cc1ccc(Oc2cnc(N3C(=O)C4(CC4)NC3(C)O)cn2)c2c1OCC21CC1. The molecule has 150 valence electrons. The first kappa shape index (κ1) is 17.2. The molecule has 1 amide bonds. The minimum Gasteiger partial charge on any atom is -0.492 e. The summed E-state index contributed by atoms with van der Waals surface area (Å²) in [5.74, 6) is 0.629. The van der Waals surface area contributed by atoms with Gasteiger partial charge in [-0.25, -0.2) is 9.97 Å². The van der Waals surface area contributed by atoms with Crippen LogP contribution in [0.25, 0.3) is 0 Å². The zero-order chi connectivity index (χ0) is 20.0. The quantitative estimate of drug-likeness (QED) is 0.823. The van der Waals surface area contributed by atoms with Gasteiger partial charge in [0, 0.05) is 11.0 Å². The summed E-state index contributed by atoms with van der Waals surface area (Å²) in [6.07, 6.45) is 6.59. The van der Waals surface area contributed by atoms with Crippen molar-refractivity contribution in [3.8, 4) is 17.4 Å². The van der Waals surface area contributed by atoms with E-state index in [1.807, 2.05) is 19.1 Å². The van der Waals surface area contributed by atoms with Gasteiger partial charge in [-0.3, -0.25) is 15.0 Å². The molecule has 1 aromatic carbocycles. The molecule has 4 aliphatic rings. The van der Waals surface area contributed by atoms with Crippen molar-refractivity contribution >= 4 is 11.7 Å². The van der Waals surface area contributed by atoms with E-state index < -0.39 is 11.4 Å². The Hall–Kier alpha value is -2.71. The molecule has 0 bridgehead atoms. The molecule has 2 N–H and O–H groups in total. The molecule has 3 fully saturated rings. The number of carbonyl (C=O) groups is 1. The summed E-state index contributed by atoms with van der Waals surface area (Å²) in [5, 5.41) is 13.6. The summed E-state index contributed by atoms with van der Waals surface area (Å²) in [6.45, 7) is 4.29. The largest absolute Gasteiger partial charge is 0.492 e. The summed E-state index contributed by atoms with van der Waals surface area (Å²) < 4.78 is 12.0. The molecule has 2 spiro atoms. The van der Waals surface area contributed by atoms with Crippen molar-refractivity contribution in [2.75, 3.05) is 11.5 Å². The molecule has 29 heavy (non-hydrogen) atoms. The average Bonchev–Trinajstić information content (AvgIpc) is 3.56. The van der Waals surface area contributed by atoms with Crippen molar-refractivity contribution in [1.29, 1.82) is 0 Å². The van der Waals surface area contributed by atoms with Gasteiger partial charge in [0.25, 0.3) is 5.91 Å². The van der Waals surface area contributed by atoms with E-state index in [9.17, 15) is 9.90 Å². The fourth-order valence-corrected chi connectivity index (χ4v) is 4.63. The summed E-state index contributed by atoms with van der Waals surface area (Å²) >= 11 is 0. The molecule has 1 unspecified atom stereocenters. The van der Waals surface area contributed by atoms with Crippen molar-refractivity contribution in [3.05, 3.63) is 35.7 Å². The molecule has 8 heteroatoms. The summed E-state index contributed by atoms with van der Waals surface area (Å²) in [7, 11) is 0. The van der Waals surface area contributed by atoms with Crippen LogP contribution in [-0.2, 0) is 10.2 Å². The lowest BCUT2D eigenvalue weighted by atomic mass is 9.95. The Morgan fingerprint density at radius 2 is 2.00 bits per heavy atom. The number of aryl methyl sites for hydroxylation is 1. The topological polar surface area (TPSA) is 96.8 Å². The second kappa shape index (κ2) is 5.25. The predicted octanol–water partition coefficient (Wildman–Crippen LogP) is 2.14. The number of hydrogen-bond acceptors (Lipinski definition) is 7. The van der Waals surface area contributed by atoms with Crippen molar-refractivity contribution in [1.82, 2.24) is 15.3 Å². The van der Waals surface area contributed by atoms with E-state index in [-0.39, 0.29) is 11.3 Å². The van der Waals surface area contributed by atoms with E-state index in [0.717, 1.165) is 48.3 Å². The molecular formula is C21H22N4O4. The third-order valence-electron chi connectivity index (χ3n) is 6.53. The number of nitrogens with one attached hydrogen (secondary N) is 1. The highest BCUT2D eigenvalue weighted by Crippen LogP contribution is 2.59. The fraction of sp³-hybridized carbons (Fsp3) is 0.476. The second-order valence-corrected chi connectivity index (χ2v) is 8.84. The number of benzene rings is 1. The molecule has 2 aliphatic carbocycles. The normalized spacial score (nSPS) is 27.3. The molecule has 1 aromatic heterocycles. The Kier molecular flexibility index (Phi) is 3.11. The van der Waals surface area contributed by atoms with E-state index in [2.05, 4.69) is 15.3 Å². The summed E-state index contributed by atoms with van der Waals surface area (Å²) in [6, 6.07) is 3.94. The van der Waals surface area contributed by atoms with Crippen LogP contribution in [0.2, 0.25) is 0 Å². The number of rotatable bonds is 3. The number of carbonyl (C=O) groups excluding carboxylic acids is 1. The Morgan fingerprint density at radius 1 is 1.21 bits per heavy atom. The number of anilines is 1. The molecule has 2 aliphatic heterocycles. The fourth-order valence-electron chi connectivity index (χ4n) is 4.63. The number of aromatic nitrogens is 2. The number of hydrogen-bond donors (Lipinski definition) is 2. The number of nitrogens with zero attached hydrogens (tertiary/aromatic N) is 3. The lowest BCUT2D eigenvalue weighted by Gasteiger charge is -2.28. The Balaban J connectivity index is 1.29. The van der Waals surface area contributed by atoms with Crippen LogP contribution >= 0.6 is 0 Å². The molecular weight excluding hydrogens is 372 g/mol. The Bertz CT molecular complexity index is 1040. The number of ether oxygens (including phenoxy) is 2. The molecule has 1 atom stereocenters. The maximum atomic E-state index is 12.7. The van der Waals surface area contributed by atoms with Crippen molar-refractivity contribution in [2.24, 2.45) is 0 Å².